The number of cyclic esters (lactones) is 1. The van der Waals surface area contributed by atoms with Crippen LogP contribution in [0.3, 0.4) is 0 Å². The van der Waals surface area contributed by atoms with Gasteiger partial charge in [-0.1, -0.05) is 15.9 Å². The number of halogens is 1. The lowest BCUT2D eigenvalue weighted by Crippen LogP contribution is -2.42. The van der Waals surface area contributed by atoms with E-state index in [-0.39, 0.29) is 31.2 Å². The predicted molar refractivity (Wildman–Crippen MR) is 143 cm³/mol. The average molecular weight is 596 g/mol. The number of rotatable bonds is 6. The van der Waals surface area contributed by atoms with Crippen LogP contribution >= 0.6 is 15.9 Å². The van der Waals surface area contributed by atoms with Gasteiger partial charge >= 0.3 is 5.97 Å². The lowest BCUT2D eigenvalue weighted by molar-refractivity contribution is -0.141. The van der Waals surface area contributed by atoms with Crippen LogP contribution in [0, 0.1) is 11.8 Å². The van der Waals surface area contributed by atoms with E-state index in [2.05, 4.69) is 21.2 Å². The number of nitrogens with one attached hydrogen (secondary N) is 1. The molecular weight excluding hydrogens is 570 g/mol. The first-order chi connectivity index (χ1) is 18.9. The van der Waals surface area contributed by atoms with Crippen LogP contribution in [0.5, 0.6) is 28.7 Å². The van der Waals surface area contributed by atoms with Crippen LogP contribution in [0.1, 0.15) is 39.0 Å². The van der Waals surface area contributed by atoms with Gasteiger partial charge in [0.25, 0.3) is 5.91 Å². The minimum absolute atomic E-state index is 0.0951. The molecule has 0 radical (unpaired) electrons. The first kappa shape index (κ1) is 25.4. The lowest BCUT2D eigenvalue weighted by Gasteiger charge is -2.39. The number of benzene rings is 3. The number of ether oxygens (including phenoxy) is 6. The van der Waals surface area contributed by atoms with Gasteiger partial charge in [0, 0.05) is 21.9 Å². The van der Waals surface area contributed by atoms with Crippen molar-refractivity contribution in [2.45, 2.75) is 12.0 Å². The van der Waals surface area contributed by atoms with Crippen molar-refractivity contribution in [3.05, 3.63) is 75.3 Å². The number of fused-ring (bicyclic) bond motifs is 3. The number of carbonyl (C=O) groups excluding carboxylic acids is 2. The molecule has 2 heterocycles. The standard InChI is InChI=1S/C29H26BrNO8/c1-34-22-8-15(9-23(35-2)27(22)36-3)24-17-10-20-21(39-13-38-20)11-18(17)26(19-12-37-29(33)25(19)24)31-28(32)14-4-6-16(30)7-5-14/h4-11,19,24-26H,12-13H2,1-3H3,(H,31,32)/t19-,24+,25-,26+/m0/s1. The number of methoxy groups -OCH3 is 3. The van der Waals surface area contributed by atoms with Gasteiger partial charge in [0.2, 0.25) is 12.5 Å². The third kappa shape index (κ3) is 4.23. The van der Waals surface area contributed by atoms with Crippen molar-refractivity contribution in [1.82, 2.24) is 5.32 Å². The molecule has 4 atom stereocenters. The number of amides is 1. The number of hydrogen-bond acceptors (Lipinski definition) is 8. The molecule has 3 aromatic carbocycles. The highest BCUT2D eigenvalue weighted by Gasteiger charge is 2.53. The lowest BCUT2D eigenvalue weighted by atomic mass is 9.65. The maximum absolute atomic E-state index is 13.4. The molecule has 1 aliphatic carbocycles. The maximum Gasteiger partial charge on any atom is 0.310 e. The zero-order valence-corrected chi connectivity index (χ0v) is 23.1. The molecule has 0 bridgehead atoms. The van der Waals surface area contributed by atoms with Crippen molar-refractivity contribution < 1.29 is 38.0 Å². The van der Waals surface area contributed by atoms with Crippen LogP contribution in [-0.4, -0.2) is 46.6 Å². The van der Waals surface area contributed by atoms with Gasteiger partial charge in [0.05, 0.1) is 39.9 Å². The Morgan fingerprint density at radius 2 is 1.54 bits per heavy atom. The molecule has 0 spiro atoms. The molecule has 1 fully saturated rings. The van der Waals surface area contributed by atoms with Gasteiger partial charge in [-0.3, -0.25) is 9.59 Å². The van der Waals surface area contributed by atoms with Crippen molar-refractivity contribution in [3.8, 4) is 28.7 Å². The second-order valence-corrected chi connectivity index (χ2v) is 10.5. The van der Waals surface area contributed by atoms with Crippen molar-refractivity contribution in [3.63, 3.8) is 0 Å². The normalized spacial score (nSPS) is 22.4. The van der Waals surface area contributed by atoms with E-state index in [4.69, 9.17) is 28.4 Å². The minimum atomic E-state index is -0.573. The topological polar surface area (TPSA) is 102 Å². The first-order valence-electron chi connectivity index (χ1n) is 12.4. The van der Waals surface area contributed by atoms with Gasteiger partial charge < -0.3 is 33.7 Å². The third-order valence-electron chi connectivity index (χ3n) is 7.63. The van der Waals surface area contributed by atoms with Gasteiger partial charge in [0.1, 0.15) is 0 Å². The van der Waals surface area contributed by atoms with Crippen LogP contribution in [-0.2, 0) is 9.53 Å². The van der Waals surface area contributed by atoms with Crippen molar-refractivity contribution >= 4 is 27.8 Å². The third-order valence-corrected chi connectivity index (χ3v) is 8.15. The molecule has 0 aromatic heterocycles. The molecule has 9 nitrogen and oxygen atoms in total. The summed E-state index contributed by atoms with van der Waals surface area (Å²) in [4.78, 5) is 26.7. The molecule has 1 saturated heterocycles. The zero-order chi connectivity index (χ0) is 27.3. The van der Waals surface area contributed by atoms with Gasteiger partial charge in [-0.2, -0.15) is 0 Å². The van der Waals surface area contributed by atoms with Crippen molar-refractivity contribution in [2.75, 3.05) is 34.7 Å². The van der Waals surface area contributed by atoms with E-state index < -0.39 is 17.9 Å². The van der Waals surface area contributed by atoms with Crippen molar-refractivity contribution in [1.29, 1.82) is 0 Å². The molecule has 10 heteroatoms. The van der Waals surface area contributed by atoms with Crippen LogP contribution < -0.4 is 29.0 Å². The van der Waals surface area contributed by atoms with Gasteiger partial charge in [0.15, 0.2) is 23.0 Å². The Morgan fingerprint density at radius 3 is 2.15 bits per heavy atom. The summed E-state index contributed by atoms with van der Waals surface area (Å²) in [5, 5.41) is 3.18. The van der Waals surface area contributed by atoms with E-state index in [0.29, 0.717) is 34.3 Å². The number of hydrogen-bond donors (Lipinski definition) is 1. The van der Waals surface area contributed by atoms with E-state index >= 15 is 0 Å². The average Bonchev–Trinajstić information content (AvgIpc) is 3.57. The molecule has 1 N–H and O–H groups in total. The van der Waals surface area contributed by atoms with Crippen LogP contribution in [0.25, 0.3) is 0 Å². The molecule has 3 aromatic rings. The molecule has 0 saturated carbocycles. The van der Waals surface area contributed by atoms with Crippen molar-refractivity contribution in [2.24, 2.45) is 11.8 Å². The predicted octanol–water partition coefficient (Wildman–Crippen LogP) is 4.61. The maximum atomic E-state index is 13.4. The zero-order valence-electron chi connectivity index (χ0n) is 21.5. The highest BCUT2D eigenvalue weighted by Crippen LogP contribution is 2.55. The monoisotopic (exact) mass is 595 g/mol. The summed E-state index contributed by atoms with van der Waals surface area (Å²) in [5.74, 6) is 0.665. The molecule has 39 heavy (non-hydrogen) atoms. The highest BCUT2D eigenvalue weighted by molar-refractivity contribution is 9.10. The van der Waals surface area contributed by atoms with Crippen LogP contribution in [0.15, 0.2) is 53.0 Å². The molecule has 1 amide bonds. The summed E-state index contributed by atoms with van der Waals surface area (Å²) in [6.45, 7) is 0.265. The highest BCUT2D eigenvalue weighted by atomic mass is 79.9. The summed E-state index contributed by atoms with van der Waals surface area (Å²) in [7, 11) is 4.64. The molecule has 2 aliphatic heterocycles. The summed E-state index contributed by atoms with van der Waals surface area (Å²) in [6, 6.07) is 14.1. The van der Waals surface area contributed by atoms with Gasteiger partial charge in [-0.05, 0) is 65.2 Å². The van der Waals surface area contributed by atoms with E-state index in [0.717, 1.165) is 21.2 Å². The minimum Gasteiger partial charge on any atom is -0.493 e. The molecule has 6 rings (SSSR count). The van der Waals surface area contributed by atoms with Gasteiger partial charge in [-0.15, -0.1) is 0 Å². The summed E-state index contributed by atoms with van der Waals surface area (Å²) >= 11 is 3.41. The Morgan fingerprint density at radius 1 is 0.897 bits per heavy atom. The van der Waals surface area contributed by atoms with E-state index in [1.54, 1.807) is 33.5 Å². The smallest absolute Gasteiger partial charge is 0.310 e. The fourth-order valence-electron chi connectivity index (χ4n) is 5.85. The first-order valence-corrected chi connectivity index (χ1v) is 13.2. The molecule has 202 valence electrons. The Kier molecular flexibility index (Phi) is 6.50. The van der Waals surface area contributed by atoms with Crippen LogP contribution in [0.2, 0.25) is 0 Å². The molecule has 0 unspecified atom stereocenters. The quantitative estimate of drug-likeness (QED) is 0.412. The Balaban J connectivity index is 1.51. The van der Waals surface area contributed by atoms with E-state index in [1.165, 1.54) is 0 Å². The SMILES string of the molecule is COc1cc([C@@H]2c3cc4c(cc3[C@@H](NC(=O)c3ccc(Br)cc3)[C@H]3COC(=O)[C@H]23)OCO4)cc(OC)c1OC. The van der Waals surface area contributed by atoms with E-state index in [1.807, 2.05) is 36.4 Å². The van der Waals surface area contributed by atoms with E-state index in [9.17, 15) is 9.59 Å². The molecule has 3 aliphatic rings. The van der Waals surface area contributed by atoms with Gasteiger partial charge in [-0.25, -0.2) is 0 Å². The summed E-state index contributed by atoms with van der Waals surface area (Å²) < 4.78 is 34.7. The summed E-state index contributed by atoms with van der Waals surface area (Å²) in [5.41, 5.74) is 2.96. The summed E-state index contributed by atoms with van der Waals surface area (Å²) in [6.07, 6.45) is 0. The molecular formula is C29H26BrNO8. The fraction of sp³-hybridized carbons (Fsp3) is 0.310. The Hall–Kier alpha value is -3.92. The fourth-order valence-corrected chi connectivity index (χ4v) is 6.12. The number of carbonyl (C=O) groups is 2. The second-order valence-electron chi connectivity index (χ2n) is 9.55. The second kappa shape index (κ2) is 10.00. The Bertz CT molecular complexity index is 1430. The largest absolute Gasteiger partial charge is 0.493 e. The number of esters is 1. The van der Waals surface area contributed by atoms with Crippen LogP contribution in [0.4, 0.5) is 0 Å². The Labute approximate surface area is 233 Å².